The van der Waals surface area contributed by atoms with Crippen LogP contribution in [0.25, 0.3) is 0 Å². The van der Waals surface area contributed by atoms with Crippen molar-refractivity contribution in [2.45, 2.75) is 11.1 Å². The maximum atomic E-state index is 12.8. The van der Waals surface area contributed by atoms with E-state index in [1.54, 1.807) is 0 Å². The zero-order valence-electron chi connectivity index (χ0n) is 15.8. The van der Waals surface area contributed by atoms with Gasteiger partial charge in [0.2, 0.25) is 10.0 Å². The van der Waals surface area contributed by atoms with Crippen molar-refractivity contribution >= 4 is 39.2 Å². The molecule has 0 aliphatic rings. The zero-order chi connectivity index (χ0) is 23.2. The molecule has 0 aliphatic heterocycles. The number of sulfonamides is 1. The molecule has 2 aromatic carbocycles. The minimum absolute atomic E-state index is 0.123. The van der Waals surface area contributed by atoms with Crippen LogP contribution in [0.3, 0.4) is 0 Å². The molecule has 0 fully saturated rings. The summed E-state index contributed by atoms with van der Waals surface area (Å²) < 4.78 is 74.3. The first-order chi connectivity index (χ1) is 14.4. The topological polar surface area (TPSA) is 111 Å². The fraction of sp³-hybridized carbons (Fsp3) is 0.222. The highest BCUT2D eigenvalue weighted by atomic mass is 35.5. The molecule has 0 aliphatic carbocycles. The van der Waals surface area contributed by atoms with Gasteiger partial charge in [-0.25, -0.2) is 8.42 Å². The molecule has 2 rings (SSSR count). The summed E-state index contributed by atoms with van der Waals surface area (Å²) in [6.45, 7) is -1.60. The summed E-state index contributed by atoms with van der Waals surface area (Å²) in [4.78, 5) is 23.4. The van der Waals surface area contributed by atoms with Crippen molar-refractivity contribution in [3.05, 3.63) is 53.1 Å². The number of benzene rings is 2. The van der Waals surface area contributed by atoms with Crippen LogP contribution < -0.4 is 14.8 Å². The number of nitrogens with one attached hydrogen (secondary N) is 2. The molecule has 168 valence electrons. The van der Waals surface area contributed by atoms with Gasteiger partial charge in [0.15, 0.2) is 6.61 Å². The largest absolute Gasteiger partial charge is 0.497 e. The molecule has 0 radical (unpaired) electrons. The van der Waals surface area contributed by atoms with Crippen molar-refractivity contribution < 1.29 is 40.7 Å². The summed E-state index contributed by atoms with van der Waals surface area (Å²) in [5.74, 6) is -1.56. The summed E-state index contributed by atoms with van der Waals surface area (Å²) in [6, 6.07) is 8.09. The van der Waals surface area contributed by atoms with E-state index in [9.17, 15) is 31.2 Å². The Morgan fingerprint density at radius 3 is 2.32 bits per heavy atom. The van der Waals surface area contributed by atoms with Crippen LogP contribution in [0.5, 0.6) is 5.75 Å². The van der Waals surface area contributed by atoms with Crippen LogP contribution in [0.1, 0.15) is 5.56 Å². The zero-order valence-corrected chi connectivity index (χ0v) is 17.4. The van der Waals surface area contributed by atoms with E-state index in [0.717, 1.165) is 12.1 Å². The van der Waals surface area contributed by atoms with Crippen molar-refractivity contribution in [2.24, 2.45) is 0 Å². The molecule has 0 saturated heterocycles. The lowest BCUT2D eigenvalue weighted by molar-refractivity contribution is -0.146. The highest BCUT2D eigenvalue weighted by Crippen LogP contribution is 2.36. The number of amides is 1. The number of anilines is 1. The van der Waals surface area contributed by atoms with Crippen LogP contribution in [-0.4, -0.2) is 40.6 Å². The molecule has 0 bridgehead atoms. The molecule has 2 aromatic rings. The predicted octanol–water partition coefficient (Wildman–Crippen LogP) is 2.83. The fourth-order valence-electron chi connectivity index (χ4n) is 2.21. The summed E-state index contributed by atoms with van der Waals surface area (Å²) in [7, 11) is -2.60. The van der Waals surface area contributed by atoms with E-state index in [2.05, 4.69) is 10.1 Å². The lowest BCUT2D eigenvalue weighted by Gasteiger charge is -2.12. The third-order valence-corrected chi connectivity index (χ3v) is 5.44. The van der Waals surface area contributed by atoms with E-state index in [1.165, 1.54) is 31.4 Å². The van der Waals surface area contributed by atoms with E-state index in [-0.39, 0.29) is 10.6 Å². The number of ether oxygens (including phenoxy) is 2. The molecule has 0 atom stereocenters. The average Bonchev–Trinajstić information content (AvgIpc) is 2.71. The van der Waals surface area contributed by atoms with Crippen LogP contribution in [0.15, 0.2) is 47.4 Å². The normalized spacial score (nSPS) is 11.6. The molecule has 13 heteroatoms. The van der Waals surface area contributed by atoms with Crippen LogP contribution in [0, 0.1) is 0 Å². The standard InChI is InChI=1S/C18H16ClF3N2O6S/c1-29-12-3-5-13(6-4-12)31(27,28)23-9-17(26)30-10-16(25)24-11-2-7-15(19)14(8-11)18(20,21)22/h2-8,23H,9-10H2,1H3,(H,24,25). The molecule has 1 amide bonds. The lowest BCUT2D eigenvalue weighted by atomic mass is 10.2. The van der Waals surface area contributed by atoms with Crippen LogP contribution in [0.2, 0.25) is 5.02 Å². The predicted molar refractivity (Wildman–Crippen MR) is 104 cm³/mol. The number of esters is 1. The molecule has 0 heterocycles. The van der Waals surface area contributed by atoms with Crippen LogP contribution >= 0.6 is 11.6 Å². The molecule has 0 aromatic heterocycles. The van der Waals surface area contributed by atoms with Gasteiger partial charge in [0.1, 0.15) is 12.3 Å². The van der Waals surface area contributed by atoms with Crippen molar-refractivity contribution in [2.75, 3.05) is 25.6 Å². The van der Waals surface area contributed by atoms with Gasteiger partial charge in [0, 0.05) is 5.69 Å². The minimum atomic E-state index is -4.72. The molecule has 8 nitrogen and oxygen atoms in total. The van der Waals surface area contributed by atoms with Gasteiger partial charge >= 0.3 is 12.1 Å². The molecule has 0 spiro atoms. The van der Waals surface area contributed by atoms with Gasteiger partial charge in [-0.15, -0.1) is 0 Å². The maximum Gasteiger partial charge on any atom is 0.417 e. The molecule has 2 N–H and O–H groups in total. The third-order valence-electron chi connectivity index (χ3n) is 3.70. The second-order valence-corrected chi connectivity index (χ2v) is 8.08. The van der Waals surface area contributed by atoms with Crippen molar-refractivity contribution in [3.63, 3.8) is 0 Å². The van der Waals surface area contributed by atoms with Crippen molar-refractivity contribution in [1.82, 2.24) is 4.72 Å². The monoisotopic (exact) mass is 480 g/mol. The Morgan fingerprint density at radius 1 is 1.10 bits per heavy atom. The number of carbonyl (C=O) groups excluding carboxylic acids is 2. The van der Waals surface area contributed by atoms with Gasteiger partial charge in [-0.2, -0.15) is 17.9 Å². The number of hydrogen-bond acceptors (Lipinski definition) is 6. The number of methoxy groups -OCH3 is 1. The molecular formula is C18H16ClF3N2O6S. The lowest BCUT2D eigenvalue weighted by Crippen LogP contribution is -2.32. The van der Waals surface area contributed by atoms with E-state index in [1.807, 2.05) is 4.72 Å². The van der Waals surface area contributed by atoms with E-state index in [4.69, 9.17) is 16.3 Å². The highest BCUT2D eigenvalue weighted by Gasteiger charge is 2.33. The molecule has 31 heavy (non-hydrogen) atoms. The second kappa shape index (κ2) is 9.98. The first-order valence-corrected chi connectivity index (χ1v) is 10.2. The van der Waals surface area contributed by atoms with Crippen LogP contribution in [0.4, 0.5) is 18.9 Å². The maximum absolute atomic E-state index is 12.8. The number of rotatable bonds is 8. The molecule has 0 unspecified atom stereocenters. The van der Waals surface area contributed by atoms with Gasteiger partial charge in [0.25, 0.3) is 5.91 Å². The Balaban J connectivity index is 1.86. The first-order valence-electron chi connectivity index (χ1n) is 8.38. The Labute approximate surface area is 180 Å². The van der Waals surface area contributed by atoms with E-state index < -0.39 is 51.8 Å². The number of halogens is 4. The van der Waals surface area contributed by atoms with E-state index >= 15 is 0 Å². The minimum Gasteiger partial charge on any atom is -0.497 e. The van der Waals surface area contributed by atoms with Gasteiger partial charge < -0.3 is 14.8 Å². The number of hydrogen-bond donors (Lipinski definition) is 2. The van der Waals surface area contributed by atoms with Gasteiger partial charge in [-0.05, 0) is 42.5 Å². The number of carbonyl (C=O) groups is 2. The summed E-state index contributed by atoms with van der Waals surface area (Å²) in [6.07, 6.45) is -4.72. The highest BCUT2D eigenvalue weighted by molar-refractivity contribution is 7.89. The summed E-state index contributed by atoms with van der Waals surface area (Å²) in [5, 5.41) is 1.58. The fourth-order valence-corrected chi connectivity index (χ4v) is 3.40. The molecule has 0 saturated carbocycles. The Morgan fingerprint density at radius 2 is 1.74 bits per heavy atom. The summed E-state index contributed by atoms with van der Waals surface area (Å²) >= 11 is 5.49. The number of alkyl halides is 3. The van der Waals surface area contributed by atoms with Crippen molar-refractivity contribution in [1.29, 1.82) is 0 Å². The van der Waals surface area contributed by atoms with E-state index in [0.29, 0.717) is 11.8 Å². The smallest absolute Gasteiger partial charge is 0.417 e. The Hall–Kier alpha value is -2.83. The average molecular weight is 481 g/mol. The van der Waals surface area contributed by atoms with Crippen molar-refractivity contribution in [3.8, 4) is 5.75 Å². The van der Waals surface area contributed by atoms with Crippen LogP contribution in [-0.2, 0) is 30.5 Å². The van der Waals surface area contributed by atoms with Gasteiger partial charge in [-0.3, -0.25) is 9.59 Å². The molecular weight excluding hydrogens is 465 g/mol. The third kappa shape index (κ3) is 7.12. The SMILES string of the molecule is COc1ccc(S(=O)(=O)NCC(=O)OCC(=O)Nc2ccc(Cl)c(C(F)(F)F)c2)cc1. The first kappa shape index (κ1) is 24.4. The quantitative estimate of drug-likeness (QED) is 0.562. The Kier molecular flexibility index (Phi) is 7.87. The second-order valence-electron chi connectivity index (χ2n) is 5.90. The Bertz CT molecular complexity index is 1060. The summed E-state index contributed by atoms with van der Waals surface area (Å²) in [5.41, 5.74) is -1.35. The van der Waals surface area contributed by atoms with Gasteiger partial charge in [-0.1, -0.05) is 11.6 Å². The van der Waals surface area contributed by atoms with Gasteiger partial charge in [0.05, 0.1) is 22.6 Å².